The number of nitrogens with one attached hydrogen (secondary N) is 1. The molecule has 2 amide bonds. The minimum absolute atomic E-state index is 0.246. The molecule has 1 unspecified atom stereocenters. The van der Waals surface area contributed by atoms with Crippen molar-refractivity contribution in [3.05, 3.63) is 41.7 Å². The number of carboxylic acids is 1. The largest absolute Gasteiger partial charge is 0.481 e. The van der Waals surface area contributed by atoms with Gasteiger partial charge in [0, 0.05) is 13.1 Å². The fourth-order valence-electron chi connectivity index (χ4n) is 3.20. The molecule has 1 fully saturated rings. The van der Waals surface area contributed by atoms with Gasteiger partial charge in [-0.2, -0.15) is 5.10 Å². The summed E-state index contributed by atoms with van der Waals surface area (Å²) in [7, 11) is 0. The Morgan fingerprint density at radius 2 is 2.04 bits per heavy atom. The molecule has 1 aromatic heterocycles. The number of benzene rings is 1. The Bertz CT molecular complexity index is 798. The first kappa shape index (κ1) is 18.0. The first-order valence-corrected chi connectivity index (χ1v) is 8.92. The Balaban J connectivity index is 1.78. The van der Waals surface area contributed by atoms with Crippen molar-refractivity contribution < 1.29 is 14.7 Å². The molecular formula is C19H24N4O3. The normalized spacial score (nSPS) is 16.7. The van der Waals surface area contributed by atoms with Gasteiger partial charge >= 0.3 is 12.0 Å². The molecular weight excluding hydrogens is 332 g/mol. The standard InChI is InChI=1S/C19H24N4O3/c1-3-4-17-16(11-20-23(17)15-7-5-13(2)6-8-15)21-19(26)22-10-9-14(12-22)18(24)25/h5-8,11,14H,3-4,9-10,12H2,1-2H3,(H,21,26)(H,24,25). The first-order chi connectivity index (χ1) is 12.5. The highest BCUT2D eigenvalue weighted by Gasteiger charge is 2.31. The molecule has 0 spiro atoms. The monoisotopic (exact) mass is 356 g/mol. The summed E-state index contributed by atoms with van der Waals surface area (Å²) in [6.45, 7) is 4.82. The molecule has 0 bridgehead atoms. The molecule has 1 aromatic carbocycles. The quantitative estimate of drug-likeness (QED) is 0.862. The van der Waals surface area contributed by atoms with Crippen molar-refractivity contribution in [1.29, 1.82) is 0 Å². The van der Waals surface area contributed by atoms with Crippen LogP contribution in [0.4, 0.5) is 10.5 Å². The lowest BCUT2D eigenvalue weighted by Crippen LogP contribution is -2.34. The summed E-state index contributed by atoms with van der Waals surface area (Å²) in [5.74, 6) is -1.33. The smallest absolute Gasteiger partial charge is 0.321 e. The van der Waals surface area contributed by atoms with Crippen LogP contribution in [0.25, 0.3) is 5.69 Å². The zero-order valence-electron chi connectivity index (χ0n) is 15.1. The number of likely N-dealkylation sites (tertiary alicyclic amines) is 1. The highest BCUT2D eigenvalue weighted by Crippen LogP contribution is 2.23. The van der Waals surface area contributed by atoms with Gasteiger partial charge in [0.25, 0.3) is 0 Å². The van der Waals surface area contributed by atoms with E-state index < -0.39 is 11.9 Å². The number of aliphatic carboxylic acids is 1. The van der Waals surface area contributed by atoms with E-state index in [0.717, 1.165) is 24.2 Å². The second-order valence-electron chi connectivity index (χ2n) is 6.70. The topological polar surface area (TPSA) is 87.5 Å². The van der Waals surface area contributed by atoms with E-state index in [9.17, 15) is 9.59 Å². The number of rotatable bonds is 5. The predicted octanol–water partition coefficient (Wildman–Crippen LogP) is 3.07. The molecule has 0 saturated carbocycles. The fourth-order valence-corrected chi connectivity index (χ4v) is 3.20. The van der Waals surface area contributed by atoms with Crippen molar-refractivity contribution in [3.63, 3.8) is 0 Å². The van der Waals surface area contributed by atoms with Crippen LogP contribution in [0.1, 0.15) is 31.0 Å². The highest BCUT2D eigenvalue weighted by molar-refractivity contribution is 5.90. The lowest BCUT2D eigenvalue weighted by Gasteiger charge is -2.17. The van der Waals surface area contributed by atoms with Crippen LogP contribution in [-0.4, -0.2) is 44.9 Å². The number of hydrogen-bond donors (Lipinski definition) is 2. The third kappa shape index (κ3) is 3.71. The molecule has 1 aliphatic heterocycles. The number of carbonyl (C=O) groups is 2. The third-order valence-corrected chi connectivity index (χ3v) is 4.70. The molecule has 2 heterocycles. The van der Waals surface area contributed by atoms with E-state index in [1.165, 1.54) is 5.56 Å². The molecule has 1 atom stereocenters. The Kier molecular flexibility index (Phi) is 5.25. The van der Waals surface area contributed by atoms with E-state index >= 15 is 0 Å². The van der Waals surface area contributed by atoms with Gasteiger partial charge < -0.3 is 15.3 Å². The molecule has 3 rings (SSSR count). The number of urea groups is 1. The summed E-state index contributed by atoms with van der Waals surface area (Å²) in [5, 5.41) is 16.4. The van der Waals surface area contributed by atoms with Crippen LogP contribution in [0.3, 0.4) is 0 Å². The Labute approximate surface area is 152 Å². The number of amides is 2. The fraction of sp³-hybridized carbons (Fsp3) is 0.421. The van der Waals surface area contributed by atoms with Crippen LogP contribution in [0, 0.1) is 12.8 Å². The Hall–Kier alpha value is -2.83. The van der Waals surface area contributed by atoms with E-state index in [4.69, 9.17) is 5.11 Å². The van der Waals surface area contributed by atoms with Crippen LogP contribution in [-0.2, 0) is 11.2 Å². The van der Waals surface area contributed by atoms with Crippen LogP contribution in [0.5, 0.6) is 0 Å². The first-order valence-electron chi connectivity index (χ1n) is 8.92. The molecule has 0 radical (unpaired) electrons. The summed E-state index contributed by atoms with van der Waals surface area (Å²) >= 11 is 0. The van der Waals surface area contributed by atoms with Crippen LogP contribution < -0.4 is 5.32 Å². The van der Waals surface area contributed by atoms with Gasteiger partial charge in [0.15, 0.2) is 0 Å². The maximum absolute atomic E-state index is 12.5. The van der Waals surface area contributed by atoms with Crippen LogP contribution in [0.15, 0.2) is 30.5 Å². The van der Waals surface area contributed by atoms with E-state index in [0.29, 0.717) is 18.7 Å². The van der Waals surface area contributed by atoms with E-state index in [2.05, 4.69) is 17.3 Å². The van der Waals surface area contributed by atoms with Gasteiger partial charge in [-0.15, -0.1) is 0 Å². The molecule has 7 heteroatoms. The summed E-state index contributed by atoms with van der Waals surface area (Å²) < 4.78 is 1.85. The second kappa shape index (κ2) is 7.59. The van der Waals surface area contributed by atoms with E-state index in [1.807, 2.05) is 35.9 Å². The number of aromatic nitrogens is 2. The predicted molar refractivity (Wildman–Crippen MR) is 98.6 cm³/mol. The average Bonchev–Trinajstić information content (AvgIpc) is 3.24. The molecule has 2 N–H and O–H groups in total. The van der Waals surface area contributed by atoms with E-state index in [1.54, 1.807) is 11.1 Å². The number of carbonyl (C=O) groups excluding carboxylic acids is 1. The number of nitrogens with zero attached hydrogens (tertiary/aromatic N) is 3. The van der Waals surface area contributed by atoms with Gasteiger partial charge in [-0.3, -0.25) is 4.79 Å². The molecule has 138 valence electrons. The molecule has 1 aliphatic rings. The lowest BCUT2D eigenvalue weighted by atomic mass is 10.1. The van der Waals surface area contributed by atoms with Crippen molar-refractivity contribution in [2.75, 3.05) is 18.4 Å². The molecule has 26 heavy (non-hydrogen) atoms. The minimum Gasteiger partial charge on any atom is -0.481 e. The average molecular weight is 356 g/mol. The lowest BCUT2D eigenvalue weighted by molar-refractivity contribution is -0.141. The molecule has 7 nitrogen and oxygen atoms in total. The number of aryl methyl sites for hydroxylation is 1. The maximum atomic E-state index is 12.5. The van der Waals surface area contributed by atoms with Crippen LogP contribution >= 0.6 is 0 Å². The zero-order chi connectivity index (χ0) is 18.7. The molecule has 1 saturated heterocycles. The summed E-state index contributed by atoms with van der Waals surface area (Å²) in [5.41, 5.74) is 3.75. The number of anilines is 1. The van der Waals surface area contributed by atoms with Crippen molar-refractivity contribution in [2.24, 2.45) is 5.92 Å². The summed E-state index contributed by atoms with van der Waals surface area (Å²) in [6.07, 6.45) is 3.85. The van der Waals surface area contributed by atoms with Gasteiger partial charge in [0.1, 0.15) is 0 Å². The van der Waals surface area contributed by atoms with Gasteiger partial charge in [0.05, 0.1) is 29.2 Å². The SMILES string of the molecule is CCCc1c(NC(=O)N2CCC(C(=O)O)C2)cnn1-c1ccc(C)cc1. The molecule has 2 aromatic rings. The minimum atomic E-state index is -0.848. The van der Waals surface area contributed by atoms with Crippen molar-refractivity contribution in [3.8, 4) is 5.69 Å². The third-order valence-electron chi connectivity index (χ3n) is 4.70. The number of hydrogen-bond acceptors (Lipinski definition) is 3. The van der Waals surface area contributed by atoms with Gasteiger partial charge in [-0.05, 0) is 31.9 Å². The van der Waals surface area contributed by atoms with Crippen LogP contribution in [0.2, 0.25) is 0 Å². The van der Waals surface area contributed by atoms with Crippen molar-refractivity contribution in [1.82, 2.24) is 14.7 Å². The summed E-state index contributed by atoms with van der Waals surface area (Å²) in [6, 6.07) is 7.80. The molecule has 0 aliphatic carbocycles. The summed E-state index contributed by atoms with van der Waals surface area (Å²) in [4.78, 5) is 25.1. The van der Waals surface area contributed by atoms with E-state index in [-0.39, 0.29) is 12.6 Å². The van der Waals surface area contributed by atoms with Crippen molar-refractivity contribution in [2.45, 2.75) is 33.1 Å². The Morgan fingerprint density at radius 1 is 1.31 bits per heavy atom. The highest BCUT2D eigenvalue weighted by atomic mass is 16.4. The van der Waals surface area contributed by atoms with Crippen molar-refractivity contribution >= 4 is 17.7 Å². The second-order valence-corrected chi connectivity index (χ2v) is 6.70. The zero-order valence-corrected chi connectivity index (χ0v) is 15.1. The maximum Gasteiger partial charge on any atom is 0.321 e. The Morgan fingerprint density at radius 3 is 2.65 bits per heavy atom. The van der Waals surface area contributed by atoms with Gasteiger partial charge in [0.2, 0.25) is 0 Å². The van der Waals surface area contributed by atoms with Gasteiger partial charge in [-0.1, -0.05) is 31.0 Å². The number of carboxylic acid groups (broad SMARTS) is 1. The van der Waals surface area contributed by atoms with Gasteiger partial charge in [-0.25, -0.2) is 9.48 Å².